The Kier molecular flexibility index (Phi) is 8.49. The van der Waals surface area contributed by atoms with Gasteiger partial charge in [-0.1, -0.05) is 30.3 Å². The van der Waals surface area contributed by atoms with E-state index < -0.39 is 15.9 Å². The number of carbonyl (C=O) groups excluding carboxylic acids is 1. The minimum absolute atomic E-state index is 0.0686. The second-order valence-corrected chi connectivity index (χ2v) is 8.49. The average molecular weight is 437 g/mol. The number of nitrogens with zero attached hydrogens (tertiary/aromatic N) is 1. The molecule has 1 amide bonds. The summed E-state index contributed by atoms with van der Waals surface area (Å²) in [6, 6.07) is 12.1. The molecule has 0 aromatic heterocycles. The van der Waals surface area contributed by atoms with E-state index in [1.807, 2.05) is 30.3 Å². The zero-order chi connectivity index (χ0) is 22.1. The third kappa shape index (κ3) is 6.11. The molecule has 2 aromatic rings. The Hall–Kier alpha value is -2.78. The fraction of sp³-hybridized carbons (Fsp3) is 0.381. The molecule has 0 spiro atoms. The summed E-state index contributed by atoms with van der Waals surface area (Å²) in [5.74, 6) is 0.241. The molecular weight excluding hydrogens is 408 g/mol. The van der Waals surface area contributed by atoms with Crippen LogP contribution in [0.1, 0.15) is 22.3 Å². The second kappa shape index (κ2) is 10.8. The molecule has 0 aliphatic carbocycles. The maximum absolute atomic E-state index is 12.9. The Bertz CT molecular complexity index is 947. The van der Waals surface area contributed by atoms with E-state index in [4.69, 9.17) is 14.2 Å². The Morgan fingerprint density at radius 3 is 2.23 bits per heavy atom. The van der Waals surface area contributed by atoms with Crippen molar-refractivity contribution in [2.24, 2.45) is 0 Å². The summed E-state index contributed by atoms with van der Waals surface area (Å²) in [6.45, 7) is 0.958. The first-order chi connectivity index (χ1) is 14.3. The van der Waals surface area contributed by atoms with Gasteiger partial charge in [0.15, 0.2) is 11.5 Å². The summed E-state index contributed by atoms with van der Waals surface area (Å²) >= 11 is 0. The Morgan fingerprint density at radius 1 is 1.03 bits per heavy atom. The number of methoxy groups -OCH3 is 3. The molecule has 0 saturated carbocycles. The van der Waals surface area contributed by atoms with Crippen LogP contribution in [-0.2, 0) is 21.3 Å². The van der Waals surface area contributed by atoms with Crippen LogP contribution < -0.4 is 19.1 Å². The maximum Gasteiger partial charge on any atom is 0.253 e. The highest BCUT2D eigenvalue weighted by atomic mass is 32.2. The molecular formula is C21H28N2O6S. The van der Waals surface area contributed by atoms with Gasteiger partial charge in [0.2, 0.25) is 10.0 Å². The van der Waals surface area contributed by atoms with Gasteiger partial charge in [-0.05, 0) is 18.1 Å². The van der Waals surface area contributed by atoms with Crippen LogP contribution >= 0.6 is 0 Å². The highest BCUT2D eigenvalue weighted by Gasteiger charge is 2.26. The molecule has 30 heavy (non-hydrogen) atoms. The normalized spacial score (nSPS) is 11.1. The number of hydrogen-bond acceptors (Lipinski definition) is 6. The minimum atomic E-state index is -3.71. The van der Waals surface area contributed by atoms with Crippen molar-refractivity contribution in [2.75, 3.05) is 45.0 Å². The fourth-order valence-corrected chi connectivity index (χ4v) is 3.79. The Balaban J connectivity index is 2.53. The molecule has 0 unspecified atom stereocenters. The summed E-state index contributed by atoms with van der Waals surface area (Å²) < 4.78 is 42.2. The molecule has 0 bridgehead atoms. The zero-order valence-electron chi connectivity index (χ0n) is 17.7. The van der Waals surface area contributed by atoms with Crippen molar-refractivity contribution < 1.29 is 27.4 Å². The number of anilines is 1. The minimum Gasteiger partial charge on any atom is -0.493 e. The number of sulfonamides is 1. The lowest BCUT2D eigenvalue weighted by molar-refractivity contribution is 0.0949. The summed E-state index contributed by atoms with van der Waals surface area (Å²) in [5.41, 5.74) is 1.17. The van der Waals surface area contributed by atoms with Gasteiger partial charge in [-0.25, -0.2) is 8.42 Å². The molecule has 0 saturated heterocycles. The highest BCUT2D eigenvalue weighted by Crippen LogP contribution is 2.36. The van der Waals surface area contributed by atoms with Crippen LogP contribution in [0.2, 0.25) is 0 Å². The molecule has 0 atom stereocenters. The van der Waals surface area contributed by atoms with Gasteiger partial charge in [-0.3, -0.25) is 9.10 Å². The first-order valence-electron chi connectivity index (χ1n) is 9.36. The van der Waals surface area contributed by atoms with Crippen LogP contribution in [0.4, 0.5) is 5.69 Å². The predicted molar refractivity (Wildman–Crippen MR) is 116 cm³/mol. The maximum atomic E-state index is 12.9. The lowest BCUT2D eigenvalue weighted by atomic mass is 10.1. The van der Waals surface area contributed by atoms with E-state index in [2.05, 4.69) is 5.32 Å². The van der Waals surface area contributed by atoms with Gasteiger partial charge >= 0.3 is 0 Å². The lowest BCUT2D eigenvalue weighted by Gasteiger charge is -2.26. The molecule has 1 N–H and O–H groups in total. The number of carbonyl (C=O) groups is 1. The van der Waals surface area contributed by atoms with Crippen molar-refractivity contribution in [1.82, 2.24) is 5.32 Å². The average Bonchev–Trinajstić information content (AvgIpc) is 2.74. The number of nitrogens with one attached hydrogen (secondary N) is 1. The zero-order valence-corrected chi connectivity index (χ0v) is 18.5. The third-order valence-electron chi connectivity index (χ3n) is 4.40. The van der Waals surface area contributed by atoms with Crippen molar-refractivity contribution in [1.29, 1.82) is 0 Å². The van der Waals surface area contributed by atoms with Gasteiger partial charge in [0, 0.05) is 26.3 Å². The largest absolute Gasteiger partial charge is 0.493 e. The van der Waals surface area contributed by atoms with Crippen molar-refractivity contribution >= 4 is 21.6 Å². The predicted octanol–water partition coefficient (Wildman–Crippen LogP) is 2.44. The number of amides is 1. The van der Waals surface area contributed by atoms with Crippen LogP contribution in [0.5, 0.6) is 11.5 Å². The summed E-state index contributed by atoms with van der Waals surface area (Å²) in [5, 5.41) is 2.80. The standard InChI is InChI=1S/C21H28N2O6S/c1-27-12-8-11-22-21(24)17-13-19(28-2)20(29-3)14-18(17)23(30(4,25)26)15-16-9-6-5-7-10-16/h5-7,9-10,13-14H,8,11-12,15H2,1-4H3,(H,22,24). The number of ether oxygens (including phenoxy) is 3. The van der Waals surface area contributed by atoms with Gasteiger partial charge in [-0.15, -0.1) is 0 Å². The third-order valence-corrected chi connectivity index (χ3v) is 5.52. The Labute approximate surface area is 177 Å². The Morgan fingerprint density at radius 2 is 1.67 bits per heavy atom. The van der Waals surface area contributed by atoms with Gasteiger partial charge in [-0.2, -0.15) is 0 Å². The molecule has 164 valence electrons. The quantitative estimate of drug-likeness (QED) is 0.544. The summed E-state index contributed by atoms with van der Waals surface area (Å²) in [4.78, 5) is 12.9. The van der Waals surface area contributed by atoms with E-state index in [1.54, 1.807) is 7.11 Å². The van der Waals surface area contributed by atoms with E-state index in [-0.39, 0.29) is 17.8 Å². The first-order valence-corrected chi connectivity index (χ1v) is 11.2. The summed E-state index contributed by atoms with van der Waals surface area (Å²) in [7, 11) is 0.783. The molecule has 0 aliphatic rings. The molecule has 0 radical (unpaired) electrons. The van der Waals surface area contributed by atoms with Crippen LogP contribution in [0.3, 0.4) is 0 Å². The summed E-state index contributed by atoms with van der Waals surface area (Å²) in [6.07, 6.45) is 1.73. The second-order valence-electron chi connectivity index (χ2n) is 6.58. The van der Waals surface area contributed by atoms with E-state index in [0.717, 1.165) is 11.8 Å². The molecule has 2 aromatic carbocycles. The van der Waals surface area contributed by atoms with Gasteiger partial charge in [0.1, 0.15) is 0 Å². The lowest BCUT2D eigenvalue weighted by Crippen LogP contribution is -2.33. The number of hydrogen-bond donors (Lipinski definition) is 1. The monoisotopic (exact) mass is 436 g/mol. The molecule has 0 heterocycles. The SMILES string of the molecule is COCCCNC(=O)c1cc(OC)c(OC)cc1N(Cc1ccccc1)S(C)(=O)=O. The smallest absolute Gasteiger partial charge is 0.253 e. The number of rotatable bonds is 11. The van der Waals surface area contributed by atoms with Crippen molar-refractivity contribution in [3.63, 3.8) is 0 Å². The molecule has 8 nitrogen and oxygen atoms in total. The van der Waals surface area contributed by atoms with Gasteiger partial charge in [0.25, 0.3) is 5.91 Å². The topological polar surface area (TPSA) is 94.2 Å². The molecule has 0 fully saturated rings. The van der Waals surface area contributed by atoms with Crippen molar-refractivity contribution in [2.45, 2.75) is 13.0 Å². The van der Waals surface area contributed by atoms with Gasteiger partial charge < -0.3 is 19.5 Å². The molecule has 2 rings (SSSR count). The molecule has 9 heteroatoms. The van der Waals surface area contributed by atoms with Crippen molar-refractivity contribution in [3.05, 3.63) is 53.6 Å². The van der Waals surface area contributed by atoms with Crippen LogP contribution in [-0.4, -0.2) is 55.1 Å². The van der Waals surface area contributed by atoms with Crippen LogP contribution in [0, 0.1) is 0 Å². The first kappa shape index (κ1) is 23.5. The van der Waals surface area contributed by atoms with E-state index in [9.17, 15) is 13.2 Å². The van der Waals surface area contributed by atoms with Crippen molar-refractivity contribution in [3.8, 4) is 11.5 Å². The molecule has 0 aliphatic heterocycles. The van der Waals surface area contributed by atoms with Crippen LogP contribution in [0.15, 0.2) is 42.5 Å². The highest BCUT2D eigenvalue weighted by molar-refractivity contribution is 7.92. The van der Waals surface area contributed by atoms with Crippen LogP contribution in [0.25, 0.3) is 0 Å². The number of benzene rings is 2. The van der Waals surface area contributed by atoms with Gasteiger partial charge in [0.05, 0.1) is 38.3 Å². The van der Waals surface area contributed by atoms with E-state index >= 15 is 0 Å². The fourth-order valence-electron chi connectivity index (χ4n) is 2.90. The van der Waals surface area contributed by atoms with E-state index in [1.165, 1.54) is 30.7 Å². The van der Waals surface area contributed by atoms with E-state index in [0.29, 0.717) is 31.1 Å².